The van der Waals surface area contributed by atoms with Crippen LogP contribution in [0.4, 0.5) is 0 Å². The quantitative estimate of drug-likeness (QED) is 0.667. The predicted molar refractivity (Wildman–Crippen MR) is 78.1 cm³/mol. The fraction of sp³-hybridized carbons (Fsp3) is 0.571. The molecule has 0 aliphatic heterocycles. The molecule has 17 heavy (non-hydrogen) atoms. The van der Waals surface area contributed by atoms with Crippen molar-refractivity contribution in [2.45, 2.75) is 38.5 Å². The van der Waals surface area contributed by atoms with Gasteiger partial charge in [-0.25, -0.2) is 0 Å². The Bertz CT molecular complexity index is 352. The molecule has 1 atom stereocenters. The number of ether oxygens (including phenoxy) is 1. The van der Waals surface area contributed by atoms with Gasteiger partial charge in [-0.3, -0.25) is 0 Å². The number of benzene rings is 1. The van der Waals surface area contributed by atoms with Gasteiger partial charge in [0.05, 0.1) is 11.6 Å². The van der Waals surface area contributed by atoms with E-state index < -0.39 is 0 Å². The van der Waals surface area contributed by atoms with Crippen molar-refractivity contribution in [1.82, 2.24) is 0 Å². The number of rotatable bonds is 6. The molecule has 0 amide bonds. The van der Waals surface area contributed by atoms with Crippen LogP contribution in [0.15, 0.2) is 22.7 Å². The Balaban J connectivity index is 2.45. The third-order valence-corrected chi connectivity index (χ3v) is 4.23. The highest BCUT2D eigenvalue weighted by atomic mass is 79.9. The van der Waals surface area contributed by atoms with Crippen LogP contribution in [-0.2, 0) is 6.42 Å². The molecule has 0 heterocycles. The minimum Gasteiger partial charge on any atom is -0.496 e. The van der Waals surface area contributed by atoms with Crippen LogP contribution in [0.2, 0.25) is 0 Å². The van der Waals surface area contributed by atoms with Crippen LogP contribution in [0.3, 0.4) is 0 Å². The van der Waals surface area contributed by atoms with Crippen molar-refractivity contribution in [3.05, 3.63) is 28.2 Å². The zero-order valence-electron chi connectivity index (χ0n) is 10.7. The summed E-state index contributed by atoms with van der Waals surface area (Å²) in [6.07, 6.45) is 3.27. The van der Waals surface area contributed by atoms with Gasteiger partial charge in [-0.1, -0.05) is 19.9 Å². The first kappa shape index (κ1) is 14.8. The zero-order valence-corrected chi connectivity index (χ0v) is 13.0. The summed E-state index contributed by atoms with van der Waals surface area (Å²) in [5.41, 5.74) is 1.32. The van der Waals surface area contributed by atoms with E-state index in [0.717, 1.165) is 29.5 Å². The third-order valence-electron chi connectivity index (χ3n) is 2.88. The smallest absolute Gasteiger partial charge is 0.133 e. The summed E-state index contributed by atoms with van der Waals surface area (Å²) in [5.74, 6) is 1.44. The van der Waals surface area contributed by atoms with Gasteiger partial charge in [0.2, 0.25) is 0 Å². The molecule has 3 heteroatoms. The molecule has 0 spiro atoms. The maximum Gasteiger partial charge on any atom is 0.133 e. The van der Waals surface area contributed by atoms with Crippen molar-refractivity contribution in [2.24, 2.45) is 5.92 Å². The molecular weight excluding hydrogens is 300 g/mol. The number of halogens is 2. The molecule has 0 aliphatic carbocycles. The predicted octanol–water partition coefficient (Wildman–Crippen LogP) is 5.04. The van der Waals surface area contributed by atoms with E-state index in [1.165, 1.54) is 5.56 Å². The van der Waals surface area contributed by atoms with E-state index >= 15 is 0 Å². The number of methoxy groups -OCH3 is 1. The average Bonchev–Trinajstić information content (AvgIpc) is 2.29. The van der Waals surface area contributed by atoms with Gasteiger partial charge in [-0.15, -0.1) is 11.6 Å². The molecule has 1 unspecified atom stereocenters. The van der Waals surface area contributed by atoms with Crippen LogP contribution in [0.1, 0.15) is 32.3 Å². The van der Waals surface area contributed by atoms with Gasteiger partial charge >= 0.3 is 0 Å². The number of alkyl halides is 1. The topological polar surface area (TPSA) is 9.23 Å². The SMILES string of the molecule is COc1ccc(CCCC(Cl)C(C)C)cc1Br. The maximum atomic E-state index is 6.23. The maximum absolute atomic E-state index is 6.23. The number of aryl methyl sites for hydroxylation is 1. The van der Waals surface area contributed by atoms with Crippen LogP contribution in [0, 0.1) is 5.92 Å². The van der Waals surface area contributed by atoms with Gasteiger partial charge in [0, 0.05) is 5.38 Å². The van der Waals surface area contributed by atoms with E-state index in [0.29, 0.717) is 5.92 Å². The van der Waals surface area contributed by atoms with Gasteiger partial charge < -0.3 is 4.74 Å². The van der Waals surface area contributed by atoms with Gasteiger partial charge in [-0.2, -0.15) is 0 Å². The molecule has 0 aliphatic rings. The van der Waals surface area contributed by atoms with E-state index in [9.17, 15) is 0 Å². The van der Waals surface area contributed by atoms with Crippen molar-refractivity contribution in [3.63, 3.8) is 0 Å². The first-order chi connectivity index (χ1) is 8.04. The minimum atomic E-state index is 0.289. The van der Waals surface area contributed by atoms with E-state index in [1.807, 2.05) is 6.07 Å². The molecule has 0 fully saturated rings. The Morgan fingerprint density at radius 3 is 2.59 bits per heavy atom. The van der Waals surface area contributed by atoms with Crippen molar-refractivity contribution < 1.29 is 4.74 Å². The molecule has 1 rings (SSSR count). The van der Waals surface area contributed by atoms with E-state index in [-0.39, 0.29) is 5.38 Å². The second kappa shape index (κ2) is 7.27. The highest BCUT2D eigenvalue weighted by Crippen LogP contribution is 2.26. The number of hydrogen-bond donors (Lipinski definition) is 0. The summed E-state index contributed by atoms with van der Waals surface area (Å²) < 4.78 is 6.22. The lowest BCUT2D eigenvalue weighted by atomic mass is 10.0. The molecule has 96 valence electrons. The Morgan fingerprint density at radius 1 is 1.35 bits per heavy atom. The van der Waals surface area contributed by atoms with Crippen molar-refractivity contribution in [2.75, 3.05) is 7.11 Å². The highest BCUT2D eigenvalue weighted by Gasteiger charge is 2.09. The third kappa shape index (κ3) is 4.89. The summed E-state index contributed by atoms with van der Waals surface area (Å²) >= 11 is 9.73. The summed E-state index contributed by atoms with van der Waals surface area (Å²) in [4.78, 5) is 0. The lowest BCUT2D eigenvalue weighted by Gasteiger charge is -2.13. The zero-order chi connectivity index (χ0) is 12.8. The van der Waals surface area contributed by atoms with Gasteiger partial charge in [0.25, 0.3) is 0 Å². The second-order valence-corrected chi connectivity index (χ2v) is 6.04. The first-order valence-electron chi connectivity index (χ1n) is 6.01. The van der Waals surface area contributed by atoms with Crippen LogP contribution in [0.25, 0.3) is 0 Å². The minimum absolute atomic E-state index is 0.289. The summed E-state index contributed by atoms with van der Waals surface area (Å²) in [6, 6.07) is 6.24. The van der Waals surface area contributed by atoms with Crippen LogP contribution in [-0.4, -0.2) is 12.5 Å². The molecule has 1 nitrogen and oxygen atoms in total. The van der Waals surface area contributed by atoms with Crippen LogP contribution >= 0.6 is 27.5 Å². The van der Waals surface area contributed by atoms with Gasteiger partial charge in [-0.05, 0) is 58.8 Å². The summed E-state index contributed by atoms with van der Waals surface area (Å²) in [6.45, 7) is 4.34. The van der Waals surface area contributed by atoms with Gasteiger partial charge in [0.15, 0.2) is 0 Å². The highest BCUT2D eigenvalue weighted by molar-refractivity contribution is 9.10. The average molecular weight is 320 g/mol. The monoisotopic (exact) mass is 318 g/mol. The van der Waals surface area contributed by atoms with E-state index in [2.05, 4.69) is 41.9 Å². The first-order valence-corrected chi connectivity index (χ1v) is 7.24. The van der Waals surface area contributed by atoms with Crippen LogP contribution < -0.4 is 4.74 Å². The second-order valence-electron chi connectivity index (χ2n) is 4.62. The lowest BCUT2D eigenvalue weighted by molar-refractivity contribution is 0.412. The number of hydrogen-bond acceptors (Lipinski definition) is 1. The van der Waals surface area contributed by atoms with E-state index in [1.54, 1.807) is 7.11 Å². The fourth-order valence-electron chi connectivity index (χ4n) is 1.70. The molecule has 0 saturated heterocycles. The molecule has 1 aromatic rings. The molecule has 0 radical (unpaired) electrons. The Morgan fingerprint density at radius 2 is 2.06 bits per heavy atom. The normalized spacial score (nSPS) is 12.8. The van der Waals surface area contributed by atoms with Gasteiger partial charge in [0.1, 0.15) is 5.75 Å². The lowest BCUT2D eigenvalue weighted by Crippen LogP contribution is -2.07. The van der Waals surface area contributed by atoms with Crippen molar-refractivity contribution in [3.8, 4) is 5.75 Å². The molecule has 0 bridgehead atoms. The molecule has 0 aromatic heterocycles. The van der Waals surface area contributed by atoms with Crippen molar-refractivity contribution in [1.29, 1.82) is 0 Å². The largest absolute Gasteiger partial charge is 0.496 e. The Kier molecular flexibility index (Phi) is 6.35. The Labute approximate surface area is 118 Å². The molecule has 0 saturated carbocycles. The van der Waals surface area contributed by atoms with Crippen LogP contribution in [0.5, 0.6) is 5.75 Å². The molecule has 1 aromatic carbocycles. The summed E-state index contributed by atoms with van der Waals surface area (Å²) in [5, 5.41) is 0.289. The standard InChI is InChI=1S/C14H20BrClO/c1-10(2)13(16)6-4-5-11-7-8-14(17-3)12(15)9-11/h7-10,13H,4-6H2,1-3H3. The van der Waals surface area contributed by atoms with Crippen molar-refractivity contribution >= 4 is 27.5 Å². The van der Waals surface area contributed by atoms with E-state index in [4.69, 9.17) is 16.3 Å². The molecule has 0 N–H and O–H groups in total. The fourth-order valence-corrected chi connectivity index (χ4v) is 2.44. The molecular formula is C14H20BrClO. The summed E-state index contributed by atoms with van der Waals surface area (Å²) in [7, 11) is 1.68. The Hall–Kier alpha value is -0.210.